The summed E-state index contributed by atoms with van der Waals surface area (Å²) in [4.78, 5) is 2.18. The summed E-state index contributed by atoms with van der Waals surface area (Å²) in [6.07, 6.45) is 1.59. The van der Waals surface area contributed by atoms with E-state index in [1.165, 1.54) is 10.4 Å². The zero-order valence-electron chi connectivity index (χ0n) is 13.5. The van der Waals surface area contributed by atoms with Crippen molar-refractivity contribution in [3.05, 3.63) is 54.7 Å². The zero-order valence-corrected chi connectivity index (χ0v) is 14.3. The van der Waals surface area contributed by atoms with E-state index in [0.29, 0.717) is 37.6 Å². The minimum Gasteiger partial charge on any atom is -0.442 e. The van der Waals surface area contributed by atoms with Crippen LogP contribution < -0.4 is 4.90 Å². The van der Waals surface area contributed by atoms with Gasteiger partial charge in [0, 0.05) is 38.1 Å². The number of nitrogens with one attached hydrogen (secondary N) is 1. The van der Waals surface area contributed by atoms with Crippen LogP contribution in [0.5, 0.6) is 0 Å². The van der Waals surface area contributed by atoms with Gasteiger partial charge in [-0.05, 0) is 30.3 Å². The van der Waals surface area contributed by atoms with Gasteiger partial charge in [0.05, 0.1) is 0 Å². The van der Waals surface area contributed by atoms with Crippen molar-refractivity contribution in [3.8, 4) is 11.5 Å². The Hall–Kier alpha value is -2.58. The third-order valence-electron chi connectivity index (χ3n) is 4.30. The van der Waals surface area contributed by atoms with E-state index in [9.17, 15) is 8.42 Å². The Kier molecular flexibility index (Phi) is 4.06. The van der Waals surface area contributed by atoms with E-state index in [-0.39, 0.29) is 5.09 Å². The lowest BCUT2D eigenvalue weighted by atomic mass is 10.2. The first-order chi connectivity index (χ1) is 12.1. The van der Waals surface area contributed by atoms with Crippen LogP contribution in [0.3, 0.4) is 0 Å². The fourth-order valence-electron chi connectivity index (χ4n) is 2.95. The number of benzene rings is 1. The Balaban J connectivity index is 1.49. The molecule has 1 aliphatic heterocycles. The molecule has 1 N–H and O–H groups in total. The summed E-state index contributed by atoms with van der Waals surface area (Å²) in [7, 11) is -3.63. The Morgan fingerprint density at radius 1 is 0.960 bits per heavy atom. The van der Waals surface area contributed by atoms with E-state index in [1.54, 1.807) is 18.3 Å². The predicted molar refractivity (Wildman–Crippen MR) is 93.7 cm³/mol. The molecule has 0 unspecified atom stereocenters. The fourth-order valence-corrected chi connectivity index (χ4v) is 4.28. The van der Waals surface area contributed by atoms with Crippen LogP contribution in [0.15, 0.2) is 64.2 Å². The molecular weight excluding hydrogens is 340 g/mol. The van der Waals surface area contributed by atoms with E-state index < -0.39 is 10.0 Å². The van der Waals surface area contributed by atoms with Crippen LogP contribution in [-0.4, -0.2) is 49.1 Å². The molecule has 0 atom stereocenters. The lowest BCUT2D eigenvalue weighted by Gasteiger charge is -2.34. The van der Waals surface area contributed by atoms with Gasteiger partial charge in [-0.1, -0.05) is 18.2 Å². The first kappa shape index (κ1) is 15.9. The summed E-state index contributed by atoms with van der Waals surface area (Å²) < 4.78 is 32.6. The number of furan rings is 1. The zero-order chi connectivity index (χ0) is 17.3. The number of H-pyrrole nitrogens is 1. The molecule has 130 valence electrons. The predicted octanol–water partition coefficient (Wildman–Crippen LogP) is 2.18. The van der Waals surface area contributed by atoms with Gasteiger partial charge in [-0.3, -0.25) is 5.10 Å². The lowest BCUT2D eigenvalue weighted by Crippen LogP contribution is -2.48. The Bertz CT molecular complexity index is 927. The monoisotopic (exact) mass is 358 g/mol. The van der Waals surface area contributed by atoms with Crippen molar-refractivity contribution in [2.24, 2.45) is 0 Å². The third kappa shape index (κ3) is 3.06. The summed E-state index contributed by atoms with van der Waals surface area (Å²) in [6, 6.07) is 14.9. The highest BCUT2D eigenvalue weighted by atomic mass is 32.2. The highest BCUT2D eigenvalue weighted by molar-refractivity contribution is 7.89. The summed E-state index contributed by atoms with van der Waals surface area (Å²) in [5.41, 5.74) is 1.76. The molecule has 8 heteroatoms. The second-order valence-electron chi connectivity index (χ2n) is 5.82. The van der Waals surface area contributed by atoms with Gasteiger partial charge in [0.25, 0.3) is 10.0 Å². The van der Waals surface area contributed by atoms with Gasteiger partial charge in [-0.15, -0.1) is 0 Å². The van der Waals surface area contributed by atoms with Gasteiger partial charge < -0.3 is 9.32 Å². The number of hydrogen-bond acceptors (Lipinski definition) is 5. The van der Waals surface area contributed by atoms with Crippen molar-refractivity contribution in [1.29, 1.82) is 0 Å². The number of aromatic nitrogens is 2. The maximum atomic E-state index is 12.8. The number of sulfonamides is 1. The third-order valence-corrected chi connectivity index (χ3v) is 6.07. The molecule has 0 bridgehead atoms. The molecule has 1 fully saturated rings. The van der Waals surface area contributed by atoms with Crippen LogP contribution in [-0.2, 0) is 10.0 Å². The molecule has 7 nitrogen and oxygen atoms in total. The Labute approximate surface area is 145 Å². The van der Waals surface area contributed by atoms with Crippen molar-refractivity contribution in [1.82, 2.24) is 14.5 Å². The number of aromatic amines is 1. The first-order valence-electron chi connectivity index (χ1n) is 8.04. The summed E-state index contributed by atoms with van der Waals surface area (Å²) in [5.74, 6) is 0.457. The quantitative estimate of drug-likeness (QED) is 0.773. The van der Waals surface area contributed by atoms with Crippen LogP contribution in [0.25, 0.3) is 11.5 Å². The average molecular weight is 358 g/mol. The molecule has 1 aromatic carbocycles. The molecule has 3 heterocycles. The molecule has 1 aliphatic rings. The second-order valence-corrected chi connectivity index (χ2v) is 7.68. The molecule has 3 aromatic rings. The second kappa shape index (κ2) is 6.38. The number of rotatable bonds is 4. The molecule has 25 heavy (non-hydrogen) atoms. The minimum absolute atomic E-state index is 0.0368. The van der Waals surface area contributed by atoms with Gasteiger partial charge >= 0.3 is 0 Å². The molecule has 4 rings (SSSR count). The Morgan fingerprint density at radius 2 is 1.72 bits per heavy atom. The number of anilines is 1. The van der Waals surface area contributed by atoms with Gasteiger partial charge in [-0.2, -0.15) is 9.40 Å². The van der Waals surface area contributed by atoms with Crippen molar-refractivity contribution >= 4 is 15.7 Å². The van der Waals surface area contributed by atoms with Crippen LogP contribution >= 0.6 is 0 Å². The highest BCUT2D eigenvalue weighted by Gasteiger charge is 2.31. The summed E-state index contributed by atoms with van der Waals surface area (Å²) in [6.45, 7) is 2.16. The molecule has 2 aromatic heterocycles. The number of piperazine rings is 1. The lowest BCUT2D eigenvalue weighted by molar-refractivity contribution is 0.364. The maximum Gasteiger partial charge on any atom is 0.276 e. The number of nitrogens with zero attached hydrogens (tertiary/aromatic N) is 3. The fraction of sp³-hybridized carbons (Fsp3) is 0.235. The van der Waals surface area contributed by atoms with Gasteiger partial charge in [0.1, 0.15) is 5.69 Å². The molecule has 0 spiro atoms. The van der Waals surface area contributed by atoms with Crippen LogP contribution in [0, 0.1) is 0 Å². The molecule has 0 radical (unpaired) electrons. The van der Waals surface area contributed by atoms with Crippen molar-refractivity contribution < 1.29 is 12.8 Å². The largest absolute Gasteiger partial charge is 0.442 e. The normalized spacial score (nSPS) is 16.2. The van der Waals surface area contributed by atoms with E-state index in [0.717, 1.165) is 5.69 Å². The van der Waals surface area contributed by atoms with Crippen molar-refractivity contribution in [2.45, 2.75) is 5.09 Å². The standard InChI is InChI=1S/C17H18N4O3S/c22-25(23,17-7-6-16(24-17)15-8-9-18-19-15)21-12-10-20(11-13-21)14-4-2-1-3-5-14/h1-9H,10-13H2,(H,18,19). The smallest absolute Gasteiger partial charge is 0.276 e. The topological polar surface area (TPSA) is 82.4 Å². The first-order valence-corrected chi connectivity index (χ1v) is 9.48. The van der Waals surface area contributed by atoms with Crippen LogP contribution in [0.4, 0.5) is 5.69 Å². The number of hydrogen-bond donors (Lipinski definition) is 1. The Morgan fingerprint density at radius 3 is 2.40 bits per heavy atom. The van der Waals surface area contributed by atoms with Gasteiger partial charge in [0.15, 0.2) is 5.76 Å². The molecule has 1 saturated heterocycles. The molecular formula is C17H18N4O3S. The van der Waals surface area contributed by atoms with Crippen molar-refractivity contribution in [3.63, 3.8) is 0 Å². The van der Waals surface area contributed by atoms with Crippen LogP contribution in [0.2, 0.25) is 0 Å². The van der Waals surface area contributed by atoms with Gasteiger partial charge in [-0.25, -0.2) is 8.42 Å². The summed E-state index contributed by atoms with van der Waals surface area (Å²) >= 11 is 0. The van der Waals surface area contributed by atoms with Crippen LogP contribution in [0.1, 0.15) is 0 Å². The van der Waals surface area contributed by atoms with E-state index in [4.69, 9.17) is 4.42 Å². The minimum atomic E-state index is -3.63. The molecule has 0 aliphatic carbocycles. The van der Waals surface area contributed by atoms with Gasteiger partial charge in [0.2, 0.25) is 5.09 Å². The maximum absolute atomic E-state index is 12.8. The van der Waals surface area contributed by atoms with Crippen molar-refractivity contribution in [2.75, 3.05) is 31.1 Å². The van der Waals surface area contributed by atoms with E-state index >= 15 is 0 Å². The van der Waals surface area contributed by atoms with E-state index in [1.807, 2.05) is 30.3 Å². The average Bonchev–Trinajstić information content (AvgIpc) is 3.34. The molecule has 0 amide bonds. The number of para-hydroxylation sites is 1. The molecule has 0 saturated carbocycles. The van der Waals surface area contributed by atoms with E-state index in [2.05, 4.69) is 15.1 Å². The highest BCUT2D eigenvalue weighted by Crippen LogP contribution is 2.26. The summed E-state index contributed by atoms with van der Waals surface area (Å²) in [5, 5.41) is 6.57. The SMILES string of the molecule is O=S(=O)(c1ccc(-c2ccn[nH]2)o1)N1CCN(c2ccccc2)CC1.